The molecule has 0 fully saturated rings. The minimum atomic E-state index is -0.149. The first-order valence-corrected chi connectivity index (χ1v) is 9.66. The summed E-state index contributed by atoms with van der Waals surface area (Å²) in [6.45, 7) is 0.488. The topological polar surface area (TPSA) is 59.4 Å². The SMILES string of the molecule is COc1ccc(C(CNC(=O)c2cnn(-c3ccc(Br)cc3)c2)N(C)C)cc1. The number of hydrogen-bond acceptors (Lipinski definition) is 4. The Hall–Kier alpha value is -2.64. The van der Waals surface area contributed by atoms with Gasteiger partial charge in [-0.1, -0.05) is 28.1 Å². The van der Waals surface area contributed by atoms with Gasteiger partial charge in [-0.2, -0.15) is 5.10 Å². The molecule has 3 rings (SSSR count). The number of hydrogen-bond donors (Lipinski definition) is 1. The normalized spacial score (nSPS) is 12.0. The van der Waals surface area contributed by atoms with Gasteiger partial charge < -0.3 is 15.0 Å². The van der Waals surface area contributed by atoms with E-state index >= 15 is 0 Å². The van der Waals surface area contributed by atoms with Crippen LogP contribution in [-0.2, 0) is 0 Å². The molecule has 0 aliphatic rings. The molecule has 146 valence electrons. The summed E-state index contributed by atoms with van der Waals surface area (Å²) < 4.78 is 7.90. The molecule has 6 nitrogen and oxygen atoms in total. The van der Waals surface area contributed by atoms with Crippen molar-refractivity contribution < 1.29 is 9.53 Å². The Morgan fingerprint density at radius 3 is 2.46 bits per heavy atom. The third-order valence-corrected chi connectivity index (χ3v) is 5.04. The van der Waals surface area contributed by atoms with Crippen LogP contribution in [0, 0.1) is 0 Å². The quantitative estimate of drug-likeness (QED) is 0.606. The van der Waals surface area contributed by atoms with E-state index in [0.29, 0.717) is 12.1 Å². The Labute approximate surface area is 173 Å². The van der Waals surface area contributed by atoms with Crippen molar-refractivity contribution >= 4 is 21.8 Å². The maximum atomic E-state index is 12.6. The molecular formula is C21H23BrN4O2. The smallest absolute Gasteiger partial charge is 0.254 e. The van der Waals surface area contributed by atoms with E-state index in [-0.39, 0.29) is 11.9 Å². The lowest BCUT2D eigenvalue weighted by Crippen LogP contribution is -2.34. The molecular weight excluding hydrogens is 420 g/mol. The molecule has 28 heavy (non-hydrogen) atoms. The highest BCUT2D eigenvalue weighted by Crippen LogP contribution is 2.21. The fourth-order valence-corrected chi connectivity index (χ4v) is 3.16. The highest BCUT2D eigenvalue weighted by atomic mass is 79.9. The van der Waals surface area contributed by atoms with Gasteiger partial charge >= 0.3 is 0 Å². The molecule has 3 aromatic rings. The summed E-state index contributed by atoms with van der Waals surface area (Å²) in [4.78, 5) is 14.7. The van der Waals surface area contributed by atoms with E-state index in [1.54, 1.807) is 24.2 Å². The number of benzene rings is 2. The molecule has 1 amide bonds. The Balaban J connectivity index is 1.67. The number of aromatic nitrogens is 2. The molecule has 1 N–H and O–H groups in total. The lowest BCUT2D eigenvalue weighted by atomic mass is 10.1. The molecule has 0 saturated carbocycles. The summed E-state index contributed by atoms with van der Waals surface area (Å²) in [5.74, 6) is 0.661. The van der Waals surface area contributed by atoms with Crippen molar-refractivity contribution in [2.24, 2.45) is 0 Å². The molecule has 2 aromatic carbocycles. The number of amides is 1. The minimum absolute atomic E-state index is 0.0522. The van der Waals surface area contributed by atoms with Crippen LogP contribution in [0.25, 0.3) is 5.69 Å². The largest absolute Gasteiger partial charge is 0.497 e. The molecule has 1 atom stereocenters. The number of carbonyl (C=O) groups excluding carboxylic acids is 1. The number of carbonyl (C=O) groups is 1. The van der Waals surface area contributed by atoms with Crippen LogP contribution < -0.4 is 10.1 Å². The summed E-state index contributed by atoms with van der Waals surface area (Å²) in [6, 6.07) is 15.7. The maximum Gasteiger partial charge on any atom is 0.254 e. The van der Waals surface area contributed by atoms with Gasteiger partial charge in [0.2, 0.25) is 0 Å². The molecule has 0 spiro atoms. The van der Waals surface area contributed by atoms with E-state index in [0.717, 1.165) is 21.5 Å². The highest BCUT2D eigenvalue weighted by molar-refractivity contribution is 9.10. The molecule has 7 heteroatoms. The van der Waals surface area contributed by atoms with Crippen LogP contribution in [0.3, 0.4) is 0 Å². The summed E-state index contributed by atoms with van der Waals surface area (Å²) in [5.41, 5.74) is 2.53. The van der Waals surface area contributed by atoms with Crippen LogP contribution in [0.4, 0.5) is 0 Å². The molecule has 0 aliphatic carbocycles. The predicted octanol–water partition coefficient (Wildman–Crippen LogP) is 3.68. The Kier molecular flexibility index (Phi) is 6.49. The van der Waals surface area contributed by atoms with Crippen molar-refractivity contribution in [3.63, 3.8) is 0 Å². The number of rotatable bonds is 7. The number of nitrogens with one attached hydrogen (secondary N) is 1. The van der Waals surface area contributed by atoms with Crippen molar-refractivity contribution in [2.75, 3.05) is 27.7 Å². The molecule has 1 heterocycles. The van der Waals surface area contributed by atoms with Gasteiger partial charge in [-0.3, -0.25) is 4.79 Å². The van der Waals surface area contributed by atoms with Gasteiger partial charge in [0.1, 0.15) is 5.75 Å². The maximum absolute atomic E-state index is 12.6. The molecule has 1 aromatic heterocycles. The third kappa shape index (κ3) is 4.79. The van der Waals surface area contributed by atoms with Crippen LogP contribution in [0.1, 0.15) is 22.0 Å². The molecule has 0 saturated heterocycles. The number of ether oxygens (including phenoxy) is 1. The van der Waals surface area contributed by atoms with Gasteiger partial charge in [0.15, 0.2) is 0 Å². The fraction of sp³-hybridized carbons (Fsp3) is 0.238. The monoisotopic (exact) mass is 442 g/mol. The third-order valence-electron chi connectivity index (χ3n) is 4.52. The predicted molar refractivity (Wildman–Crippen MR) is 113 cm³/mol. The van der Waals surface area contributed by atoms with Gasteiger partial charge in [0, 0.05) is 17.2 Å². The lowest BCUT2D eigenvalue weighted by Gasteiger charge is -2.25. The fourth-order valence-electron chi connectivity index (χ4n) is 2.89. The molecule has 0 aliphatic heterocycles. The van der Waals surface area contributed by atoms with Gasteiger partial charge in [0.05, 0.1) is 30.6 Å². The zero-order chi connectivity index (χ0) is 20.1. The summed E-state index contributed by atoms with van der Waals surface area (Å²) in [6.07, 6.45) is 3.31. The van der Waals surface area contributed by atoms with Crippen LogP contribution in [-0.4, -0.2) is 48.3 Å². The van der Waals surface area contributed by atoms with E-state index in [1.165, 1.54) is 0 Å². The first-order chi connectivity index (χ1) is 13.5. The summed E-state index contributed by atoms with van der Waals surface area (Å²) in [5, 5.41) is 7.30. The van der Waals surface area contributed by atoms with Gasteiger partial charge in [-0.15, -0.1) is 0 Å². The van der Waals surface area contributed by atoms with E-state index in [1.807, 2.05) is 62.6 Å². The highest BCUT2D eigenvalue weighted by Gasteiger charge is 2.17. The average molecular weight is 443 g/mol. The van der Waals surface area contributed by atoms with Crippen LogP contribution in [0.2, 0.25) is 0 Å². The van der Waals surface area contributed by atoms with Crippen molar-refractivity contribution in [2.45, 2.75) is 6.04 Å². The van der Waals surface area contributed by atoms with Gasteiger partial charge in [0.25, 0.3) is 5.91 Å². The zero-order valence-electron chi connectivity index (χ0n) is 16.1. The Morgan fingerprint density at radius 2 is 1.86 bits per heavy atom. The number of halogens is 1. The first-order valence-electron chi connectivity index (χ1n) is 8.87. The molecule has 0 radical (unpaired) electrons. The summed E-state index contributed by atoms with van der Waals surface area (Å²) in [7, 11) is 5.63. The van der Waals surface area contributed by atoms with Crippen LogP contribution >= 0.6 is 15.9 Å². The second kappa shape index (κ2) is 9.03. The van der Waals surface area contributed by atoms with Crippen molar-refractivity contribution in [1.29, 1.82) is 0 Å². The van der Waals surface area contributed by atoms with E-state index in [2.05, 4.69) is 31.2 Å². The summed E-state index contributed by atoms with van der Waals surface area (Å²) >= 11 is 3.41. The van der Waals surface area contributed by atoms with Crippen LogP contribution in [0.15, 0.2) is 65.4 Å². The van der Waals surface area contributed by atoms with Gasteiger partial charge in [-0.25, -0.2) is 4.68 Å². The average Bonchev–Trinajstić information content (AvgIpc) is 3.19. The van der Waals surface area contributed by atoms with E-state index in [4.69, 9.17) is 4.74 Å². The van der Waals surface area contributed by atoms with Crippen molar-refractivity contribution in [3.05, 3.63) is 76.5 Å². The lowest BCUT2D eigenvalue weighted by molar-refractivity contribution is 0.0942. The Morgan fingerprint density at radius 1 is 1.18 bits per heavy atom. The Bertz CT molecular complexity index is 920. The standard InChI is InChI=1S/C21H23BrN4O2/c1-25(2)20(15-4-10-19(28-3)11-5-15)13-23-21(27)16-12-24-26(14-16)18-8-6-17(22)7-9-18/h4-12,14,20H,13H2,1-3H3,(H,23,27). The van der Waals surface area contributed by atoms with Crippen molar-refractivity contribution in [3.8, 4) is 11.4 Å². The molecule has 0 bridgehead atoms. The second-order valence-corrected chi connectivity index (χ2v) is 7.53. The van der Waals surface area contributed by atoms with Crippen LogP contribution in [0.5, 0.6) is 5.75 Å². The second-order valence-electron chi connectivity index (χ2n) is 6.61. The minimum Gasteiger partial charge on any atom is -0.497 e. The van der Waals surface area contributed by atoms with Gasteiger partial charge in [-0.05, 0) is 56.1 Å². The number of likely N-dealkylation sites (N-methyl/N-ethyl adjacent to an activating group) is 1. The zero-order valence-corrected chi connectivity index (χ0v) is 17.7. The van der Waals surface area contributed by atoms with E-state index < -0.39 is 0 Å². The number of methoxy groups -OCH3 is 1. The number of nitrogens with zero attached hydrogens (tertiary/aromatic N) is 3. The van der Waals surface area contributed by atoms with Crippen molar-refractivity contribution in [1.82, 2.24) is 20.0 Å². The first kappa shape index (κ1) is 20.1. The van der Waals surface area contributed by atoms with E-state index in [9.17, 15) is 4.79 Å². The molecule has 1 unspecified atom stereocenters.